The van der Waals surface area contributed by atoms with E-state index in [1.165, 1.54) is 44.9 Å². The molecule has 0 radical (unpaired) electrons. The second-order valence-corrected chi connectivity index (χ2v) is 16.6. The molecule has 1 aromatic carbocycles. The third-order valence-electron chi connectivity index (χ3n) is 12.3. The molecule has 0 amide bonds. The Balaban J connectivity index is 1.37. The number of aliphatic hydroxyl groups is 1. The van der Waals surface area contributed by atoms with Crippen LogP contribution in [0.25, 0.3) is 0 Å². The fourth-order valence-electron chi connectivity index (χ4n) is 10.5. The third-order valence-corrected chi connectivity index (χ3v) is 14.6. The Bertz CT molecular complexity index is 1030. The second kappa shape index (κ2) is 10.3. The van der Waals surface area contributed by atoms with Gasteiger partial charge in [-0.25, -0.2) is 8.42 Å². The lowest BCUT2D eigenvalue weighted by molar-refractivity contribution is -0.127. The standard InChI is InChI=1S/C33H52O3S/c1-22(2)10-9-11-23(3)26-16-17-27-25-14-15-29-31(37(35,36)24-12-7-6-8-13-24)30(34)19-21-33(29,5)28(25)18-20-32(26,27)4/h6-8,12-13,22-23,25-31,34H,9-11,14-21H2,1-5H3/t23-,25+,26-,27+,28+,29+,30-,31-,32-,33-/m1/s1. The molecule has 4 fully saturated rings. The molecule has 0 saturated heterocycles. The topological polar surface area (TPSA) is 54.4 Å². The first-order valence-electron chi connectivity index (χ1n) is 15.5. The quantitative estimate of drug-likeness (QED) is 0.391. The second-order valence-electron chi connectivity index (χ2n) is 14.5. The van der Waals surface area contributed by atoms with Crippen LogP contribution in [0.3, 0.4) is 0 Å². The van der Waals surface area contributed by atoms with Crippen molar-refractivity contribution in [2.75, 3.05) is 0 Å². The van der Waals surface area contributed by atoms with Crippen molar-refractivity contribution < 1.29 is 13.5 Å². The van der Waals surface area contributed by atoms with E-state index >= 15 is 0 Å². The van der Waals surface area contributed by atoms with Gasteiger partial charge in [0.05, 0.1) is 16.2 Å². The van der Waals surface area contributed by atoms with Crippen LogP contribution in [0.4, 0.5) is 0 Å². The maximum atomic E-state index is 13.9. The molecule has 0 heterocycles. The molecular weight excluding hydrogens is 476 g/mol. The predicted octanol–water partition coefficient (Wildman–Crippen LogP) is 7.92. The Morgan fingerprint density at radius 2 is 1.49 bits per heavy atom. The molecule has 0 unspecified atom stereocenters. The minimum atomic E-state index is -3.57. The molecule has 1 aromatic rings. The smallest absolute Gasteiger partial charge is 0.184 e. The van der Waals surface area contributed by atoms with Crippen molar-refractivity contribution in [1.82, 2.24) is 0 Å². The van der Waals surface area contributed by atoms with Crippen molar-refractivity contribution in [2.24, 2.45) is 52.3 Å². The van der Waals surface area contributed by atoms with E-state index < -0.39 is 21.2 Å². The lowest BCUT2D eigenvalue weighted by Crippen LogP contribution is -2.60. The molecule has 0 bridgehead atoms. The Morgan fingerprint density at radius 3 is 2.19 bits per heavy atom. The van der Waals surface area contributed by atoms with E-state index in [9.17, 15) is 13.5 Å². The van der Waals surface area contributed by atoms with Gasteiger partial charge >= 0.3 is 0 Å². The van der Waals surface area contributed by atoms with Crippen LogP contribution in [0.15, 0.2) is 35.2 Å². The zero-order chi connectivity index (χ0) is 26.6. The molecule has 37 heavy (non-hydrogen) atoms. The molecule has 4 aliphatic rings. The summed E-state index contributed by atoms with van der Waals surface area (Å²) in [6.45, 7) is 12.3. The van der Waals surface area contributed by atoms with E-state index in [-0.39, 0.29) is 11.3 Å². The van der Waals surface area contributed by atoms with E-state index in [2.05, 4.69) is 34.6 Å². The van der Waals surface area contributed by atoms with Crippen molar-refractivity contribution in [1.29, 1.82) is 0 Å². The van der Waals surface area contributed by atoms with Gasteiger partial charge in [-0.2, -0.15) is 0 Å². The normalized spacial score (nSPS) is 42.6. The number of fused-ring (bicyclic) bond motifs is 5. The van der Waals surface area contributed by atoms with Crippen LogP contribution in [0, 0.1) is 52.3 Å². The molecule has 208 valence electrons. The first-order valence-corrected chi connectivity index (χ1v) is 17.0. The van der Waals surface area contributed by atoms with Gasteiger partial charge in [0.15, 0.2) is 9.84 Å². The SMILES string of the molecule is CC(C)CCC[C@@H](C)[C@H]1CC[C@H]2[C@@H]3CC[C@H]4[C@@H](S(=O)(=O)c5ccccc5)[C@H](O)CC[C@]4(C)[C@H]3CC[C@]12C. The number of rotatable bonds is 7. The summed E-state index contributed by atoms with van der Waals surface area (Å²) in [5.41, 5.74) is 0.461. The summed E-state index contributed by atoms with van der Waals surface area (Å²) < 4.78 is 27.7. The van der Waals surface area contributed by atoms with Crippen molar-refractivity contribution in [3.63, 3.8) is 0 Å². The Labute approximate surface area is 227 Å². The molecule has 0 aliphatic heterocycles. The average Bonchev–Trinajstić information content (AvgIpc) is 3.22. The van der Waals surface area contributed by atoms with Gasteiger partial charge in [0.1, 0.15) is 0 Å². The van der Waals surface area contributed by atoms with Crippen LogP contribution in [0.1, 0.15) is 105 Å². The molecule has 0 aromatic heterocycles. The summed E-state index contributed by atoms with van der Waals surface area (Å²) in [4.78, 5) is 0.381. The largest absolute Gasteiger partial charge is 0.392 e. The van der Waals surface area contributed by atoms with Crippen molar-refractivity contribution in [3.8, 4) is 0 Å². The Morgan fingerprint density at radius 1 is 0.838 bits per heavy atom. The summed E-state index contributed by atoms with van der Waals surface area (Å²) in [5, 5.41) is 10.5. The van der Waals surface area contributed by atoms with Crippen LogP contribution in [0.5, 0.6) is 0 Å². The molecule has 10 atom stereocenters. The lowest BCUT2D eigenvalue weighted by atomic mass is 9.44. The van der Waals surface area contributed by atoms with Gasteiger partial charge in [0, 0.05) is 0 Å². The first kappa shape index (κ1) is 27.7. The van der Waals surface area contributed by atoms with Gasteiger partial charge in [-0.3, -0.25) is 0 Å². The first-order chi connectivity index (χ1) is 17.5. The molecule has 1 N–H and O–H groups in total. The molecule has 5 rings (SSSR count). The van der Waals surface area contributed by atoms with E-state index in [1.54, 1.807) is 24.3 Å². The van der Waals surface area contributed by atoms with Crippen molar-refractivity contribution >= 4 is 9.84 Å². The maximum Gasteiger partial charge on any atom is 0.184 e. The fraction of sp³-hybridized carbons (Fsp3) is 0.818. The average molecular weight is 529 g/mol. The highest BCUT2D eigenvalue weighted by molar-refractivity contribution is 7.92. The van der Waals surface area contributed by atoms with Crippen LogP contribution in [-0.2, 0) is 9.84 Å². The highest BCUT2D eigenvalue weighted by atomic mass is 32.2. The molecule has 0 spiro atoms. The summed E-state index contributed by atoms with van der Waals surface area (Å²) in [6, 6.07) is 8.91. The summed E-state index contributed by atoms with van der Waals surface area (Å²) in [5.74, 6) is 4.62. The summed E-state index contributed by atoms with van der Waals surface area (Å²) >= 11 is 0. The van der Waals surface area contributed by atoms with Crippen molar-refractivity contribution in [2.45, 2.75) is 121 Å². The van der Waals surface area contributed by atoms with Crippen LogP contribution in [-0.4, -0.2) is 24.9 Å². The van der Waals surface area contributed by atoms with Gasteiger partial charge < -0.3 is 5.11 Å². The van der Waals surface area contributed by atoms with Gasteiger partial charge in [-0.05, 0) is 116 Å². The zero-order valence-corrected chi connectivity index (χ0v) is 24.8. The number of hydrogen-bond donors (Lipinski definition) is 1. The van der Waals surface area contributed by atoms with E-state index in [1.807, 2.05) is 6.07 Å². The van der Waals surface area contributed by atoms with E-state index in [0.717, 1.165) is 48.9 Å². The van der Waals surface area contributed by atoms with E-state index in [4.69, 9.17) is 0 Å². The minimum absolute atomic E-state index is 0.0109. The van der Waals surface area contributed by atoms with Gasteiger partial charge in [0.25, 0.3) is 0 Å². The molecule has 3 nitrogen and oxygen atoms in total. The lowest BCUT2D eigenvalue weighted by Gasteiger charge is -2.62. The molecular formula is C33H52O3S. The van der Waals surface area contributed by atoms with Gasteiger partial charge in [-0.1, -0.05) is 72.1 Å². The number of benzene rings is 1. The highest BCUT2D eigenvalue weighted by Crippen LogP contribution is 2.69. The number of sulfone groups is 1. The fourth-order valence-corrected chi connectivity index (χ4v) is 12.8. The molecule has 4 heteroatoms. The number of aliphatic hydroxyl groups excluding tert-OH is 1. The third kappa shape index (κ3) is 4.64. The Hall–Kier alpha value is -0.870. The highest BCUT2D eigenvalue weighted by Gasteiger charge is 2.63. The summed E-state index contributed by atoms with van der Waals surface area (Å²) in [6.07, 6.45) is 12.3. The molecule has 4 aliphatic carbocycles. The molecule has 4 saturated carbocycles. The van der Waals surface area contributed by atoms with E-state index in [0.29, 0.717) is 22.6 Å². The van der Waals surface area contributed by atoms with Crippen molar-refractivity contribution in [3.05, 3.63) is 30.3 Å². The predicted molar refractivity (Wildman–Crippen MR) is 152 cm³/mol. The monoisotopic (exact) mass is 528 g/mol. The summed E-state index contributed by atoms with van der Waals surface area (Å²) in [7, 11) is -3.57. The van der Waals surface area contributed by atoms with Crippen LogP contribution >= 0.6 is 0 Å². The number of hydrogen-bond acceptors (Lipinski definition) is 3. The van der Waals surface area contributed by atoms with Crippen LogP contribution in [0.2, 0.25) is 0 Å². The van der Waals surface area contributed by atoms with Gasteiger partial charge in [-0.15, -0.1) is 0 Å². The zero-order valence-electron chi connectivity index (χ0n) is 24.0. The van der Waals surface area contributed by atoms with Crippen LogP contribution < -0.4 is 0 Å². The minimum Gasteiger partial charge on any atom is -0.392 e. The maximum absolute atomic E-state index is 13.9. The van der Waals surface area contributed by atoms with Gasteiger partial charge in [0.2, 0.25) is 0 Å². The Kier molecular flexibility index (Phi) is 7.68.